The van der Waals surface area contributed by atoms with Crippen LogP contribution in [-0.2, 0) is 13.6 Å². The fraction of sp³-hybridized carbons (Fsp3) is 0.455. The number of rotatable bonds is 2. The van der Waals surface area contributed by atoms with Crippen LogP contribution < -0.4 is 0 Å². The standard InChI is InChI=1S/C11H15N4/c1-5-15-10(6-9(3)13-15)11-8(2)7-12-14(11)4/h7H,5H2,1-4H3. The number of hydrogen-bond donors (Lipinski definition) is 0. The predicted molar refractivity (Wildman–Crippen MR) is 58.4 cm³/mol. The number of aromatic nitrogens is 4. The maximum Gasteiger partial charge on any atom is 0.0948 e. The van der Waals surface area contributed by atoms with E-state index in [2.05, 4.69) is 30.1 Å². The molecule has 2 rings (SSSR count). The Morgan fingerprint density at radius 3 is 2.67 bits per heavy atom. The highest BCUT2D eigenvalue weighted by molar-refractivity contribution is 5.58. The summed E-state index contributed by atoms with van der Waals surface area (Å²) in [5.41, 5.74) is 4.20. The van der Waals surface area contributed by atoms with E-state index in [1.165, 1.54) is 0 Å². The van der Waals surface area contributed by atoms with E-state index < -0.39 is 0 Å². The van der Waals surface area contributed by atoms with Crippen molar-refractivity contribution in [2.45, 2.75) is 27.3 Å². The first kappa shape index (κ1) is 9.96. The van der Waals surface area contributed by atoms with E-state index in [4.69, 9.17) is 0 Å². The van der Waals surface area contributed by atoms with Crippen LogP contribution >= 0.6 is 0 Å². The topological polar surface area (TPSA) is 35.6 Å². The van der Waals surface area contributed by atoms with E-state index in [0.717, 1.165) is 29.2 Å². The molecule has 2 aromatic rings. The summed E-state index contributed by atoms with van der Waals surface area (Å²) < 4.78 is 3.83. The van der Waals surface area contributed by atoms with Gasteiger partial charge in [-0.1, -0.05) is 0 Å². The molecule has 2 aromatic heterocycles. The summed E-state index contributed by atoms with van der Waals surface area (Å²) in [6.07, 6.45) is 1.87. The van der Waals surface area contributed by atoms with Gasteiger partial charge in [0, 0.05) is 19.7 Å². The van der Waals surface area contributed by atoms with Crippen molar-refractivity contribution < 1.29 is 0 Å². The van der Waals surface area contributed by atoms with Crippen LogP contribution in [0.25, 0.3) is 11.4 Å². The molecule has 0 aliphatic carbocycles. The van der Waals surface area contributed by atoms with Crippen LogP contribution in [0.5, 0.6) is 0 Å². The van der Waals surface area contributed by atoms with Crippen molar-refractivity contribution in [1.29, 1.82) is 0 Å². The van der Waals surface area contributed by atoms with Crippen LogP contribution in [0.1, 0.15) is 18.2 Å². The molecule has 0 atom stereocenters. The lowest BCUT2D eigenvalue weighted by Crippen LogP contribution is -2.03. The Kier molecular flexibility index (Phi) is 2.34. The number of nitrogens with zero attached hydrogens (tertiary/aromatic N) is 4. The zero-order chi connectivity index (χ0) is 11.0. The maximum absolute atomic E-state index is 4.39. The molecule has 4 heteroatoms. The lowest BCUT2D eigenvalue weighted by molar-refractivity contribution is 0.652. The largest absolute Gasteiger partial charge is 0.266 e. The second kappa shape index (κ2) is 3.53. The molecular weight excluding hydrogens is 188 g/mol. The van der Waals surface area contributed by atoms with Gasteiger partial charge < -0.3 is 0 Å². The maximum atomic E-state index is 4.39. The van der Waals surface area contributed by atoms with Crippen LogP contribution in [0.4, 0.5) is 0 Å². The Bertz CT molecular complexity index is 459. The van der Waals surface area contributed by atoms with Gasteiger partial charge in [-0.2, -0.15) is 10.2 Å². The Hall–Kier alpha value is -1.58. The van der Waals surface area contributed by atoms with Crippen molar-refractivity contribution in [3.8, 4) is 11.4 Å². The summed E-state index contributed by atoms with van der Waals surface area (Å²) >= 11 is 0. The molecule has 79 valence electrons. The Balaban J connectivity index is 2.62. The molecule has 4 nitrogen and oxygen atoms in total. The molecule has 0 N–H and O–H groups in total. The van der Waals surface area contributed by atoms with Crippen LogP contribution in [0, 0.1) is 19.9 Å². The molecule has 1 radical (unpaired) electrons. The number of hydrogen-bond acceptors (Lipinski definition) is 2. The third-order valence-corrected chi connectivity index (χ3v) is 2.47. The van der Waals surface area contributed by atoms with E-state index >= 15 is 0 Å². The summed E-state index contributed by atoms with van der Waals surface area (Å²) in [5.74, 6) is 0. The first-order valence-corrected chi connectivity index (χ1v) is 5.09. The molecular formula is C11H15N4. The summed E-state index contributed by atoms with van der Waals surface area (Å²) in [7, 11) is 1.94. The smallest absolute Gasteiger partial charge is 0.0948 e. The molecule has 0 spiro atoms. The summed E-state index contributed by atoms with van der Waals surface area (Å²) in [5, 5.41) is 8.62. The van der Waals surface area contributed by atoms with Gasteiger partial charge in [-0.05, 0) is 26.3 Å². The van der Waals surface area contributed by atoms with E-state index in [0.29, 0.717) is 0 Å². The minimum absolute atomic E-state index is 0.851. The highest BCUT2D eigenvalue weighted by Crippen LogP contribution is 2.22. The van der Waals surface area contributed by atoms with Crippen molar-refractivity contribution in [1.82, 2.24) is 19.6 Å². The molecule has 2 heterocycles. The SMILES string of the molecule is CCn1nc(C)[c]c1-c1c(C)cnn1C. The zero-order valence-corrected chi connectivity index (χ0v) is 9.57. The first-order valence-electron chi connectivity index (χ1n) is 5.09. The van der Waals surface area contributed by atoms with Crippen LogP contribution in [0.3, 0.4) is 0 Å². The molecule has 0 aliphatic heterocycles. The van der Waals surface area contributed by atoms with E-state index in [9.17, 15) is 0 Å². The second-order valence-electron chi connectivity index (χ2n) is 3.67. The quantitative estimate of drug-likeness (QED) is 0.745. The summed E-state index contributed by atoms with van der Waals surface area (Å²) in [6.45, 7) is 6.94. The van der Waals surface area contributed by atoms with Crippen molar-refractivity contribution in [2.75, 3.05) is 0 Å². The fourth-order valence-corrected chi connectivity index (χ4v) is 1.79. The van der Waals surface area contributed by atoms with Gasteiger partial charge in [0.2, 0.25) is 0 Å². The molecule has 0 unspecified atom stereocenters. The lowest BCUT2D eigenvalue weighted by Gasteiger charge is -2.05. The highest BCUT2D eigenvalue weighted by atomic mass is 15.3. The average Bonchev–Trinajstić information content (AvgIpc) is 2.70. The van der Waals surface area contributed by atoms with Crippen LogP contribution in [0.15, 0.2) is 6.20 Å². The molecule has 0 saturated heterocycles. The van der Waals surface area contributed by atoms with Crippen molar-refractivity contribution in [3.05, 3.63) is 23.5 Å². The van der Waals surface area contributed by atoms with Gasteiger partial charge in [-0.3, -0.25) is 9.36 Å². The van der Waals surface area contributed by atoms with Crippen LogP contribution in [-0.4, -0.2) is 19.6 Å². The first-order chi connectivity index (χ1) is 7.13. The van der Waals surface area contributed by atoms with Gasteiger partial charge in [-0.25, -0.2) is 0 Å². The fourth-order valence-electron chi connectivity index (χ4n) is 1.79. The molecule has 0 amide bonds. The van der Waals surface area contributed by atoms with Crippen LogP contribution in [0.2, 0.25) is 0 Å². The Morgan fingerprint density at radius 1 is 1.40 bits per heavy atom. The average molecular weight is 203 g/mol. The minimum atomic E-state index is 0.851. The van der Waals surface area contributed by atoms with Gasteiger partial charge in [0.05, 0.1) is 23.3 Å². The molecule has 0 saturated carbocycles. The lowest BCUT2D eigenvalue weighted by atomic mass is 10.2. The summed E-state index contributed by atoms with van der Waals surface area (Å²) in [4.78, 5) is 0. The van der Waals surface area contributed by atoms with E-state index in [1.807, 2.05) is 29.5 Å². The number of aryl methyl sites for hydroxylation is 4. The highest BCUT2D eigenvalue weighted by Gasteiger charge is 2.13. The van der Waals surface area contributed by atoms with Gasteiger partial charge >= 0.3 is 0 Å². The Labute approximate surface area is 89.5 Å². The normalized spacial score (nSPS) is 10.9. The van der Waals surface area contributed by atoms with E-state index in [-0.39, 0.29) is 0 Å². The van der Waals surface area contributed by atoms with Gasteiger partial charge in [0.1, 0.15) is 0 Å². The van der Waals surface area contributed by atoms with Gasteiger partial charge in [-0.15, -0.1) is 0 Å². The van der Waals surface area contributed by atoms with Crippen molar-refractivity contribution in [2.24, 2.45) is 7.05 Å². The third kappa shape index (κ3) is 1.56. The molecule has 15 heavy (non-hydrogen) atoms. The van der Waals surface area contributed by atoms with Crippen molar-refractivity contribution >= 4 is 0 Å². The predicted octanol–water partition coefficient (Wildman–Crippen LogP) is 1.72. The molecule has 0 fully saturated rings. The Morgan fingerprint density at radius 2 is 2.13 bits per heavy atom. The van der Waals surface area contributed by atoms with Gasteiger partial charge in [0.15, 0.2) is 0 Å². The molecule has 0 bridgehead atoms. The summed E-state index contributed by atoms with van der Waals surface area (Å²) in [6, 6.07) is 3.27. The monoisotopic (exact) mass is 203 g/mol. The van der Waals surface area contributed by atoms with E-state index in [1.54, 1.807) is 0 Å². The van der Waals surface area contributed by atoms with Crippen molar-refractivity contribution in [3.63, 3.8) is 0 Å². The zero-order valence-electron chi connectivity index (χ0n) is 9.57. The van der Waals surface area contributed by atoms with Gasteiger partial charge in [0.25, 0.3) is 0 Å². The molecule has 0 aliphatic rings. The third-order valence-electron chi connectivity index (χ3n) is 2.47. The second-order valence-corrected chi connectivity index (χ2v) is 3.67. The minimum Gasteiger partial charge on any atom is -0.266 e. The molecule has 0 aromatic carbocycles.